The molecule has 0 fully saturated rings. The SMILES string of the molecule is CC(NC(=O)c1cccnc1F)c1ccsc1. The fraction of sp³-hybridized carbons (Fsp3) is 0.167. The number of thiophene rings is 1. The van der Waals surface area contributed by atoms with E-state index in [1.165, 1.54) is 18.3 Å². The lowest BCUT2D eigenvalue weighted by atomic mass is 10.1. The third kappa shape index (κ3) is 2.68. The Labute approximate surface area is 102 Å². The molecule has 0 aliphatic carbocycles. The molecule has 3 nitrogen and oxygen atoms in total. The Hall–Kier alpha value is -1.75. The molecule has 1 unspecified atom stereocenters. The van der Waals surface area contributed by atoms with Gasteiger partial charge in [0, 0.05) is 6.20 Å². The molecule has 0 aliphatic rings. The molecule has 2 aromatic heterocycles. The maximum Gasteiger partial charge on any atom is 0.256 e. The van der Waals surface area contributed by atoms with Crippen molar-refractivity contribution in [3.05, 3.63) is 52.2 Å². The van der Waals surface area contributed by atoms with E-state index in [2.05, 4.69) is 10.3 Å². The third-order valence-corrected chi connectivity index (χ3v) is 3.10. The third-order valence-electron chi connectivity index (χ3n) is 2.39. The quantitative estimate of drug-likeness (QED) is 0.851. The van der Waals surface area contributed by atoms with E-state index in [1.807, 2.05) is 23.8 Å². The van der Waals surface area contributed by atoms with Crippen LogP contribution >= 0.6 is 11.3 Å². The molecule has 1 atom stereocenters. The van der Waals surface area contributed by atoms with Crippen LogP contribution in [0.1, 0.15) is 28.9 Å². The van der Waals surface area contributed by atoms with Gasteiger partial charge in [-0.3, -0.25) is 4.79 Å². The Morgan fingerprint density at radius 2 is 2.35 bits per heavy atom. The van der Waals surface area contributed by atoms with Crippen LogP contribution in [0.4, 0.5) is 4.39 Å². The Bertz CT molecular complexity index is 513. The van der Waals surface area contributed by atoms with Gasteiger partial charge in [0.1, 0.15) is 0 Å². The lowest BCUT2D eigenvalue weighted by Gasteiger charge is -2.12. The highest BCUT2D eigenvalue weighted by molar-refractivity contribution is 7.07. The van der Waals surface area contributed by atoms with Gasteiger partial charge in [-0.15, -0.1) is 0 Å². The molecule has 17 heavy (non-hydrogen) atoms. The van der Waals surface area contributed by atoms with Crippen molar-refractivity contribution in [3.63, 3.8) is 0 Å². The minimum Gasteiger partial charge on any atom is -0.345 e. The van der Waals surface area contributed by atoms with E-state index >= 15 is 0 Å². The van der Waals surface area contributed by atoms with E-state index in [-0.39, 0.29) is 11.6 Å². The predicted molar refractivity (Wildman–Crippen MR) is 64.4 cm³/mol. The smallest absolute Gasteiger partial charge is 0.256 e. The van der Waals surface area contributed by atoms with Crippen molar-refractivity contribution in [2.45, 2.75) is 13.0 Å². The summed E-state index contributed by atoms with van der Waals surface area (Å²) >= 11 is 1.56. The van der Waals surface area contributed by atoms with E-state index < -0.39 is 11.9 Å². The molecule has 1 amide bonds. The monoisotopic (exact) mass is 250 g/mol. The van der Waals surface area contributed by atoms with E-state index in [1.54, 1.807) is 11.3 Å². The number of nitrogens with one attached hydrogen (secondary N) is 1. The first kappa shape index (κ1) is 11.7. The molecular formula is C12H11FN2OS. The van der Waals surface area contributed by atoms with Gasteiger partial charge in [0.25, 0.3) is 5.91 Å². The molecule has 0 bridgehead atoms. The van der Waals surface area contributed by atoms with Crippen LogP contribution < -0.4 is 5.32 Å². The number of carbonyl (C=O) groups excluding carboxylic acids is 1. The molecule has 2 heterocycles. The molecular weight excluding hydrogens is 239 g/mol. The molecule has 0 spiro atoms. The number of rotatable bonds is 3. The second kappa shape index (κ2) is 5.05. The normalized spacial score (nSPS) is 12.1. The molecule has 0 aromatic carbocycles. The van der Waals surface area contributed by atoms with E-state index in [4.69, 9.17) is 0 Å². The predicted octanol–water partition coefficient (Wildman–Crippen LogP) is 2.77. The van der Waals surface area contributed by atoms with Crippen molar-refractivity contribution in [2.24, 2.45) is 0 Å². The molecule has 5 heteroatoms. The van der Waals surface area contributed by atoms with Crippen molar-refractivity contribution < 1.29 is 9.18 Å². The lowest BCUT2D eigenvalue weighted by molar-refractivity contribution is 0.0935. The molecule has 0 aliphatic heterocycles. The Morgan fingerprint density at radius 3 is 3.00 bits per heavy atom. The number of amides is 1. The van der Waals surface area contributed by atoms with E-state index in [9.17, 15) is 9.18 Å². The van der Waals surface area contributed by atoms with Crippen LogP contribution in [0.25, 0.3) is 0 Å². The molecule has 2 rings (SSSR count). The first-order valence-electron chi connectivity index (χ1n) is 5.12. The molecule has 0 saturated carbocycles. The van der Waals surface area contributed by atoms with Crippen molar-refractivity contribution in [2.75, 3.05) is 0 Å². The summed E-state index contributed by atoms with van der Waals surface area (Å²) in [6.45, 7) is 1.86. The molecule has 0 saturated heterocycles. The standard InChI is InChI=1S/C12H11FN2OS/c1-8(9-4-6-17-7-9)15-12(16)10-3-2-5-14-11(10)13/h2-8H,1H3,(H,15,16). The summed E-state index contributed by atoms with van der Waals surface area (Å²) in [6.07, 6.45) is 1.31. The van der Waals surface area contributed by atoms with Gasteiger partial charge in [0.15, 0.2) is 0 Å². The first-order valence-corrected chi connectivity index (χ1v) is 6.06. The number of hydrogen-bond donors (Lipinski definition) is 1. The average molecular weight is 250 g/mol. The zero-order chi connectivity index (χ0) is 12.3. The van der Waals surface area contributed by atoms with E-state index in [0.29, 0.717) is 0 Å². The highest BCUT2D eigenvalue weighted by Gasteiger charge is 2.15. The van der Waals surface area contributed by atoms with Gasteiger partial charge in [0.2, 0.25) is 5.95 Å². The van der Waals surface area contributed by atoms with Crippen LogP contribution in [0.3, 0.4) is 0 Å². The fourth-order valence-corrected chi connectivity index (χ4v) is 2.19. The van der Waals surface area contributed by atoms with Crippen LogP contribution in [-0.4, -0.2) is 10.9 Å². The van der Waals surface area contributed by atoms with Crippen molar-refractivity contribution in [1.29, 1.82) is 0 Å². The van der Waals surface area contributed by atoms with Crippen molar-refractivity contribution in [1.82, 2.24) is 10.3 Å². The number of carbonyl (C=O) groups is 1. The maximum absolute atomic E-state index is 13.3. The van der Waals surface area contributed by atoms with Gasteiger partial charge in [-0.05, 0) is 41.4 Å². The molecule has 0 radical (unpaired) electrons. The highest BCUT2D eigenvalue weighted by Crippen LogP contribution is 2.16. The Kier molecular flexibility index (Phi) is 3.49. The number of nitrogens with zero attached hydrogens (tertiary/aromatic N) is 1. The summed E-state index contributed by atoms with van der Waals surface area (Å²) in [7, 11) is 0. The Balaban J connectivity index is 2.10. The molecule has 88 valence electrons. The minimum absolute atomic E-state index is 0.0328. The van der Waals surface area contributed by atoms with E-state index in [0.717, 1.165) is 5.56 Å². The summed E-state index contributed by atoms with van der Waals surface area (Å²) in [5.74, 6) is -1.20. The summed E-state index contributed by atoms with van der Waals surface area (Å²) in [5, 5.41) is 6.61. The largest absolute Gasteiger partial charge is 0.345 e. The van der Waals surface area contributed by atoms with Crippen molar-refractivity contribution >= 4 is 17.2 Å². The maximum atomic E-state index is 13.3. The van der Waals surface area contributed by atoms with Crippen LogP contribution in [-0.2, 0) is 0 Å². The summed E-state index contributed by atoms with van der Waals surface area (Å²) in [4.78, 5) is 15.2. The summed E-state index contributed by atoms with van der Waals surface area (Å²) in [6, 6.07) is 4.73. The average Bonchev–Trinajstić information content (AvgIpc) is 2.82. The number of pyridine rings is 1. The van der Waals surface area contributed by atoms with Crippen LogP contribution in [0.5, 0.6) is 0 Å². The second-order valence-corrected chi connectivity index (χ2v) is 4.37. The van der Waals surface area contributed by atoms with Gasteiger partial charge in [0.05, 0.1) is 11.6 Å². The lowest BCUT2D eigenvalue weighted by Crippen LogP contribution is -2.27. The van der Waals surface area contributed by atoms with Gasteiger partial charge in [-0.2, -0.15) is 15.7 Å². The Morgan fingerprint density at radius 1 is 1.53 bits per heavy atom. The fourth-order valence-electron chi connectivity index (χ4n) is 1.43. The van der Waals surface area contributed by atoms with Crippen LogP contribution in [0.15, 0.2) is 35.2 Å². The van der Waals surface area contributed by atoms with Crippen LogP contribution in [0.2, 0.25) is 0 Å². The van der Waals surface area contributed by atoms with Gasteiger partial charge < -0.3 is 5.32 Å². The summed E-state index contributed by atoms with van der Waals surface area (Å²) in [5.41, 5.74) is 0.974. The molecule has 1 N–H and O–H groups in total. The zero-order valence-corrected chi connectivity index (χ0v) is 10.00. The number of hydrogen-bond acceptors (Lipinski definition) is 3. The number of halogens is 1. The minimum atomic E-state index is -0.748. The topological polar surface area (TPSA) is 42.0 Å². The van der Waals surface area contributed by atoms with Crippen molar-refractivity contribution in [3.8, 4) is 0 Å². The molecule has 2 aromatic rings. The number of aromatic nitrogens is 1. The first-order chi connectivity index (χ1) is 8.18. The second-order valence-electron chi connectivity index (χ2n) is 3.59. The van der Waals surface area contributed by atoms with Gasteiger partial charge in [-0.25, -0.2) is 4.98 Å². The van der Waals surface area contributed by atoms with Crippen LogP contribution in [0, 0.1) is 5.95 Å². The highest BCUT2D eigenvalue weighted by atomic mass is 32.1. The zero-order valence-electron chi connectivity index (χ0n) is 9.18. The van der Waals surface area contributed by atoms with Gasteiger partial charge in [-0.1, -0.05) is 0 Å². The summed E-state index contributed by atoms with van der Waals surface area (Å²) < 4.78 is 13.3. The van der Waals surface area contributed by atoms with Gasteiger partial charge >= 0.3 is 0 Å².